The van der Waals surface area contributed by atoms with Crippen LogP contribution in [0.3, 0.4) is 0 Å². The van der Waals surface area contributed by atoms with Gasteiger partial charge in [-0.1, -0.05) is 31.9 Å². The summed E-state index contributed by atoms with van der Waals surface area (Å²) in [5.41, 5.74) is 1.14. The van der Waals surface area contributed by atoms with Crippen molar-refractivity contribution in [1.29, 1.82) is 0 Å². The van der Waals surface area contributed by atoms with Gasteiger partial charge in [0.2, 0.25) is 5.88 Å². The van der Waals surface area contributed by atoms with Crippen LogP contribution in [0.4, 0.5) is 5.82 Å². The third-order valence-corrected chi connectivity index (χ3v) is 4.61. The van der Waals surface area contributed by atoms with E-state index in [4.69, 9.17) is 16.3 Å². The zero-order valence-corrected chi connectivity index (χ0v) is 15.1. The van der Waals surface area contributed by atoms with E-state index in [0.29, 0.717) is 16.8 Å². The standard InChI is InChI=1S/C19H24ClN3O/c1-3-4-15-11-17(20)22-19(12-15)24-16-5-6-18(21-13-16)23-9-7-14(2)8-10-23/h5-6,11-14H,3-4,7-10H2,1-2H3. The molecule has 0 radical (unpaired) electrons. The number of aromatic nitrogens is 2. The van der Waals surface area contributed by atoms with Crippen LogP contribution in [-0.2, 0) is 6.42 Å². The first-order chi connectivity index (χ1) is 11.6. The molecule has 0 saturated carbocycles. The second-order valence-corrected chi connectivity index (χ2v) is 6.90. The number of halogens is 1. The largest absolute Gasteiger partial charge is 0.437 e. The topological polar surface area (TPSA) is 38.2 Å². The molecule has 2 aromatic rings. The van der Waals surface area contributed by atoms with Crippen molar-refractivity contribution in [2.24, 2.45) is 5.92 Å². The lowest BCUT2D eigenvalue weighted by molar-refractivity contribution is 0.435. The highest BCUT2D eigenvalue weighted by molar-refractivity contribution is 6.29. The maximum Gasteiger partial charge on any atom is 0.220 e. The average molecular weight is 346 g/mol. The number of rotatable bonds is 5. The van der Waals surface area contributed by atoms with Gasteiger partial charge in [0.1, 0.15) is 16.7 Å². The van der Waals surface area contributed by atoms with Crippen molar-refractivity contribution in [3.8, 4) is 11.6 Å². The zero-order chi connectivity index (χ0) is 16.9. The van der Waals surface area contributed by atoms with Gasteiger partial charge in [0, 0.05) is 19.2 Å². The van der Waals surface area contributed by atoms with E-state index in [1.54, 1.807) is 6.20 Å². The number of aryl methyl sites for hydroxylation is 1. The molecule has 0 unspecified atom stereocenters. The van der Waals surface area contributed by atoms with E-state index < -0.39 is 0 Å². The van der Waals surface area contributed by atoms with E-state index in [2.05, 4.69) is 28.7 Å². The van der Waals surface area contributed by atoms with E-state index >= 15 is 0 Å². The van der Waals surface area contributed by atoms with Crippen molar-refractivity contribution in [3.05, 3.63) is 41.2 Å². The summed E-state index contributed by atoms with van der Waals surface area (Å²) in [5, 5.41) is 0.461. The first-order valence-corrected chi connectivity index (χ1v) is 9.07. The van der Waals surface area contributed by atoms with E-state index in [9.17, 15) is 0 Å². The van der Waals surface area contributed by atoms with Gasteiger partial charge in [-0.3, -0.25) is 0 Å². The monoisotopic (exact) mass is 345 g/mol. The molecular weight excluding hydrogens is 322 g/mol. The summed E-state index contributed by atoms with van der Waals surface area (Å²) in [5.74, 6) is 3.03. The predicted molar refractivity (Wildman–Crippen MR) is 98.2 cm³/mol. The Labute approximate surface area is 148 Å². The molecule has 128 valence electrons. The van der Waals surface area contributed by atoms with Crippen molar-refractivity contribution in [2.75, 3.05) is 18.0 Å². The molecule has 0 aliphatic carbocycles. The minimum atomic E-state index is 0.461. The molecule has 24 heavy (non-hydrogen) atoms. The maximum atomic E-state index is 6.08. The van der Waals surface area contributed by atoms with E-state index in [0.717, 1.165) is 43.2 Å². The SMILES string of the molecule is CCCc1cc(Cl)nc(Oc2ccc(N3CCC(C)CC3)nc2)c1. The van der Waals surface area contributed by atoms with Crippen LogP contribution in [-0.4, -0.2) is 23.1 Å². The molecule has 3 rings (SSSR count). The van der Waals surface area contributed by atoms with Gasteiger partial charge in [-0.2, -0.15) is 0 Å². The Morgan fingerprint density at radius 2 is 2.04 bits per heavy atom. The van der Waals surface area contributed by atoms with Crippen molar-refractivity contribution in [2.45, 2.75) is 39.5 Å². The number of piperidine rings is 1. The fourth-order valence-corrected chi connectivity index (χ4v) is 3.21. The van der Waals surface area contributed by atoms with Gasteiger partial charge in [-0.15, -0.1) is 0 Å². The molecule has 1 saturated heterocycles. The molecule has 4 nitrogen and oxygen atoms in total. The molecule has 1 aliphatic heterocycles. The minimum Gasteiger partial charge on any atom is -0.437 e. The molecule has 0 amide bonds. The Kier molecular flexibility index (Phi) is 5.56. The Bertz CT molecular complexity index is 667. The van der Waals surface area contributed by atoms with Crippen LogP contribution in [0.2, 0.25) is 5.15 Å². The minimum absolute atomic E-state index is 0.461. The lowest BCUT2D eigenvalue weighted by Crippen LogP contribution is -2.33. The van der Waals surface area contributed by atoms with Gasteiger partial charge >= 0.3 is 0 Å². The average Bonchev–Trinajstić information content (AvgIpc) is 2.56. The van der Waals surface area contributed by atoms with Gasteiger partial charge in [0.05, 0.1) is 6.20 Å². The normalized spacial score (nSPS) is 15.5. The number of hydrogen-bond donors (Lipinski definition) is 0. The number of hydrogen-bond acceptors (Lipinski definition) is 4. The highest BCUT2D eigenvalue weighted by Gasteiger charge is 2.16. The van der Waals surface area contributed by atoms with Crippen molar-refractivity contribution in [1.82, 2.24) is 9.97 Å². The van der Waals surface area contributed by atoms with Gasteiger partial charge in [-0.25, -0.2) is 9.97 Å². The number of pyridine rings is 2. The molecule has 3 heterocycles. The molecule has 1 aliphatic rings. The maximum absolute atomic E-state index is 6.08. The first-order valence-electron chi connectivity index (χ1n) is 8.69. The predicted octanol–water partition coefficient (Wildman–Crippen LogP) is 5.11. The zero-order valence-electron chi connectivity index (χ0n) is 14.3. The molecule has 0 bridgehead atoms. The number of nitrogens with zero attached hydrogens (tertiary/aromatic N) is 3. The molecule has 0 atom stereocenters. The highest BCUT2D eigenvalue weighted by atomic mass is 35.5. The van der Waals surface area contributed by atoms with Crippen LogP contribution in [0.15, 0.2) is 30.5 Å². The van der Waals surface area contributed by atoms with Crippen LogP contribution < -0.4 is 9.64 Å². The summed E-state index contributed by atoms with van der Waals surface area (Å²) in [4.78, 5) is 11.1. The van der Waals surface area contributed by atoms with Crippen LogP contribution in [0.1, 0.15) is 38.7 Å². The Morgan fingerprint density at radius 3 is 2.71 bits per heavy atom. The summed E-state index contributed by atoms with van der Waals surface area (Å²) in [6.45, 7) is 6.60. The Balaban J connectivity index is 1.68. The molecule has 1 fully saturated rings. The van der Waals surface area contributed by atoms with Crippen LogP contribution in [0, 0.1) is 5.92 Å². The van der Waals surface area contributed by atoms with Gasteiger partial charge in [0.15, 0.2) is 0 Å². The van der Waals surface area contributed by atoms with Crippen LogP contribution >= 0.6 is 11.6 Å². The van der Waals surface area contributed by atoms with Crippen LogP contribution in [0.25, 0.3) is 0 Å². The summed E-state index contributed by atoms with van der Waals surface area (Å²) >= 11 is 6.08. The van der Waals surface area contributed by atoms with Crippen molar-refractivity contribution in [3.63, 3.8) is 0 Å². The fourth-order valence-electron chi connectivity index (χ4n) is 2.99. The summed E-state index contributed by atoms with van der Waals surface area (Å²) < 4.78 is 5.83. The van der Waals surface area contributed by atoms with Crippen molar-refractivity contribution < 1.29 is 4.74 Å². The molecular formula is C19H24ClN3O. The third kappa shape index (κ3) is 4.38. The smallest absolute Gasteiger partial charge is 0.220 e. The second kappa shape index (κ2) is 7.84. The van der Waals surface area contributed by atoms with Gasteiger partial charge in [-0.05, 0) is 48.9 Å². The van der Waals surface area contributed by atoms with E-state index in [-0.39, 0.29) is 0 Å². The molecule has 5 heteroatoms. The summed E-state index contributed by atoms with van der Waals surface area (Å²) in [6.07, 6.45) is 6.24. The van der Waals surface area contributed by atoms with E-state index in [1.807, 2.05) is 24.3 Å². The van der Waals surface area contributed by atoms with Crippen LogP contribution in [0.5, 0.6) is 11.6 Å². The van der Waals surface area contributed by atoms with Crippen molar-refractivity contribution >= 4 is 17.4 Å². The first kappa shape index (κ1) is 17.0. The quantitative estimate of drug-likeness (QED) is 0.706. The highest BCUT2D eigenvalue weighted by Crippen LogP contribution is 2.26. The third-order valence-electron chi connectivity index (χ3n) is 4.42. The van der Waals surface area contributed by atoms with Gasteiger partial charge in [0.25, 0.3) is 0 Å². The summed E-state index contributed by atoms with van der Waals surface area (Å²) in [6, 6.07) is 7.79. The Hall–Kier alpha value is -1.81. The number of anilines is 1. The van der Waals surface area contributed by atoms with Gasteiger partial charge < -0.3 is 9.64 Å². The molecule has 0 N–H and O–H groups in total. The molecule has 0 aromatic carbocycles. The second-order valence-electron chi connectivity index (χ2n) is 6.51. The fraction of sp³-hybridized carbons (Fsp3) is 0.474. The summed E-state index contributed by atoms with van der Waals surface area (Å²) in [7, 11) is 0. The lowest BCUT2D eigenvalue weighted by atomic mass is 9.99. The molecule has 2 aromatic heterocycles. The Morgan fingerprint density at radius 1 is 1.25 bits per heavy atom. The van der Waals surface area contributed by atoms with E-state index in [1.165, 1.54) is 12.8 Å². The molecule has 0 spiro atoms. The number of ether oxygens (including phenoxy) is 1. The lowest BCUT2D eigenvalue weighted by Gasteiger charge is -2.31.